The van der Waals surface area contributed by atoms with Crippen LogP contribution >= 0.6 is 0 Å². The van der Waals surface area contributed by atoms with E-state index in [1.165, 1.54) is 30.9 Å². The third-order valence-corrected chi connectivity index (χ3v) is 7.83. The number of hydrogen-bond acceptors (Lipinski definition) is 9. The Morgan fingerprint density at radius 1 is 0.913 bits per heavy atom. The predicted octanol–water partition coefficient (Wildman–Crippen LogP) is 4.90. The van der Waals surface area contributed by atoms with E-state index in [4.69, 9.17) is 23.7 Å². The summed E-state index contributed by atoms with van der Waals surface area (Å²) in [4.78, 5) is 30.5. The molecule has 2 amide bonds. The highest BCUT2D eigenvalue weighted by Gasteiger charge is 2.34. The SMILES string of the molecule is COc1cc([C@H](C(=O)Nc2ccc3c(c2)OCO3)N(Cc2ccccc2C)C(=O)Cn2nnc3ccccc32)cc(OC)c1OC. The van der Waals surface area contributed by atoms with Crippen molar-refractivity contribution < 1.29 is 33.3 Å². The van der Waals surface area contributed by atoms with Crippen molar-refractivity contribution >= 4 is 28.5 Å². The second kappa shape index (κ2) is 13.1. The second-order valence-corrected chi connectivity index (χ2v) is 10.6. The minimum Gasteiger partial charge on any atom is -0.493 e. The number of anilines is 1. The number of carbonyl (C=O) groups is 2. The molecule has 4 aromatic carbocycles. The normalized spacial score (nSPS) is 12.4. The van der Waals surface area contributed by atoms with E-state index in [1.54, 1.807) is 30.3 Å². The van der Waals surface area contributed by atoms with Gasteiger partial charge in [-0.15, -0.1) is 5.10 Å². The summed E-state index contributed by atoms with van der Waals surface area (Å²) in [5.41, 5.74) is 4.10. The molecule has 5 aromatic rings. The fourth-order valence-corrected chi connectivity index (χ4v) is 5.46. The molecule has 46 heavy (non-hydrogen) atoms. The lowest BCUT2D eigenvalue weighted by atomic mass is 10.00. The number of ether oxygens (including phenoxy) is 5. The minimum atomic E-state index is -1.15. The number of amides is 2. The second-order valence-electron chi connectivity index (χ2n) is 10.6. The van der Waals surface area contributed by atoms with Gasteiger partial charge in [0, 0.05) is 18.3 Å². The van der Waals surface area contributed by atoms with Crippen molar-refractivity contribution in [1.82, 2.24) is 19.9 Å². The summed E-state index contributed by atoms with van der Waals surface area (Å²) >= 11 is 0. The molecule has 0 saturated heterocycles. The topological polar surface area (TPSA) is 126 Å². The molecule has 0 saturated carbocycles. The fourth-order valence-electron chi connectivity index (χ4n) is 5.46. The first-order valence-corrected chi connectivity index (χ1v) is 14.5. The number of hydrogen-bond donors (Lipinski definition) is 1. The van der Waals surface area contributed by atoms with Gasteiger partial charge in [-0.2, -0.15) is 0 Å². The highest BCUT2D eigenvalue weighted by atomic mass is 16.7. The van der Waals surface area contributed by atoms with Gasteiger partial charge in [-0.05, 0) is 60.0 Å². The Morgan fingerprint density at radius 2 is 1.63 bits per heavy atom. The Morgan fingerprint density at radius 3 is 2.37 bits per heavy atom. The van der Waals surface area contributed by atoms with Crippen LogP contribution in [0.15, 0.2) is 78.9 Å². The zero-order chi connectivity index (χ0) is 32.2. The standard InChI is InChI=1S/C34H33N5O7/c1-21-9-5-6-10-22(21)18-38(31(40)19-39-26-12-8-7-11-25(26)36-37-39)32(23-15-29(42-2)33(44-4)30(16-23)43-3)34(41)35-24-13-14-27-28(17-24)46-20-45-27/h5-17,32H,18-20H2,1-4H3,(H,35,41)/t32-/m1/s1. The highest BCUT2D eigenvalue weighted by Crippen LogP contribution is 2.42. The lowest BCUT2D eigenvalue weighted by molar-refractivity contribution is -0.140. The molecule has 1 N–H and O–H groups in total. The van der Waals surface area contributed by atoms with Crippen LogP contribution in [0.5, 0.6) is 28.7 Å². The molecule has 236 valence electrons. The summed E-state index contributed by atoms with van der Waals surface area (Å²) in [6.07, 6.45) is 0. The number of aryl methyl sites for hydroxylation is 1. The molecule has 1 aliphatic heterocycles. The van der Waals surface area contributed by atoms with E-state index in [9.17, 15) is 9.59 Å². The van der Waals surface area contributed by atoms with Crippen LogP contribution in [-0.4, -0.2) is 59.8 Å². The molecule has 6 rings (SSSR count). The van der Waals surface area contributed by atoms with Gasteiger partial charge < -0.3 is 33.9 Å². The van der Waals surface area contributed by atoms with Crippen molar-refractivity contribution in [2.75, 3.05) is 33.4 Å². The number of benzene rings is 4. The maximum absolute atomic E-state index is 14.5. The Labute approximate surface area is 265 Å². The van der Waals surface area contributed by atoms with E-state index in [0.29, 0.717) is 51.0 Å². The first-order valence-electron chi connectivity index (χ1n) is 14.5. The van der Waals surface area contributed by atoms with Crippen LogP contribution < -0.4 is 29.0 Å². The van der Waals surface area contributed by atoms with Crippen LogP contribution in [0.1, 0.15) is 22.7 Å². The van der Waals surface area contributed by atoms with Gasteiger partial charge in [-0.3, -0.25) is 9.59 Å². The van der Waals surface area contributed by atoms with E-state index >= 15 is 0 Å². The van der Waals surface area contributed by atoms with Crippen molar-refractivity contribution in [1.29, 1.82) is 0 Å². The number of rotatable bonds is 11. The van der Waals surface area contributed by atoms with E-state index in [-0.39, 0.29) is 25.8 Å². The monoisotopic (exact) mass is 623 g/mol. The molecule has 0 spiro atoms. The Balaban J connectivity index is 1.47. The summed E-state index contributed by atoms with van der Waals surface area (Å²) in [6.45, 7) is 2.01. The molecule has 2 heterocycles. The molecule has 0 aliphatic carbocycles. The lowest BCUT2D eigenvalue weighted by Crippen LogP contribution is -2.42. The van der Waals surface area contributed by atoms with Gasteiger partial charge in [0.15, 0.2) is 23.0 Å². The van der Waals surface area contributed by atoms with Gasteiger partial charge in [0.25, 0.3) is 5.91 Å². The van der Waals surface area contributed by atoms with Crippen LogP contribution in [0.4, 0.5) is 5.69 Å². The highest BCUT2D eigenvalue weighted by molar-refractivity contribution is 5.98. The Kier molecular flexibility index (Phi) is 8.59. The molecule has 0 unspecified atom stereocenters. The van der Waals surface area contributed by atoms with Gasteiger partial charge in [-0.1, -0.05) is 41.6 Å². The van der Waals surface area contributed by atoms with Crippen molar-refractivity contribution in [3.63, 3.8) is 0 Å². The van der Waals surface area contributed by atoms with Gasteiger partial charge in [0.1, 0.15) is 18.1 Å². The van der Waals surface area contributed by atoms with E-state index in [1.807, 2.05) is 55.5 Å². The molecule has 1 atom stereocenters. The van der Waals surface area contributed by atoms with Crippen LogP contribution in [0, 0.1) is 6.92 Å². The molecule has 12 heteroatoms. The van der Waals surface area contributed by atoms with Gasteiger partial charge >= 0.3 is 0 Å². The van der Waals surface area contributed by atoms with E-state index in [0.717, 1.165) is 11.1 Å². The third kappa shape index (κ3) is 5.96. The number of nitrogens with one attached hydrogen (secondary N) is 1. The average Bonchev–Trinajstić information content (AvgIpc) is 3.71. The zero-order valence-corrected chi connectivity index (χ0v) is 25.9. The molecule has 12 nitrogen and oxygen atoms in total. The third-order valence-electron chi connectivity index (χ3n) is 7.83. The van der Waals surface area contributed by atoms with Crippen LogP contribution in [0.3, 0.4) is 0 Å². The quantitative estimate of drug-likeness (QED) is 0.219. The summed E-state index contributed by atoms with van der Waals surface area (Å²) in [5.74, 6) is 1.28. The number of nitrogens with zero attached hydrogens (tertiary/aromatic N) is 4. The summed E-state index contributed by atoms with van der Waals surface area (Å²) in [7, 11) is 4.49. The van der Waals surface area contributed by atoms with Gasteiger partial charge in [0.2, 0.25) is 18.4 Å². The van der Waals surface area contributed by atoms with Crippen LogP contribution in [-0.2, 0) is 22.7 Å². The first-order chi connectivity index (χ1) is 22.4. The molecular weight excluding hydrogens is 590 g/mol. The number of carbonyl (C=O) groups excluding carboxylic acids is 2. The van der Waals surface area contributed by atoms with Crippen molar-refractivity contribution in [3.05, 3.63) is 95.6 Å². The summed E-state index contributed by atoms with van der Waals surface area (Å²) in [6, 6.07) is 22.4. The number of methoxy groups -OCH3 is 3. The molecule has 1 aromatic heterocycles. The zero-order valence-electron chi connectivity index (χ0n) is 25.9. The maximum atomic E-state index is 14.5. The average molecular weight is 624 g/mol. The smallest absolute Gasteiger partial charge is 0.251 e. The number of fused-ring (bicyclic) bond motifs is 2. The molecular formula is C34H33N5O7. The Hall–Kier alpha value is -5.78. The molecule has 0 bridgehead atoms. The predicted molar refractivity (Wildman–Crippen MR) is 169 cm³/mol. The summed E-state index contributed by atoms with van der Waals surface area (Å²) in [5, 5.41) is 11.4. The van der Waals surface area contributed by atoms with Crippen molar-refractivity contribution in [2.45, 2.75) is 26.1 Å². The van der Waals surface area contributed by atoms with Crippen LogP contribution in [0.25, 0.3) is 11.0 Å². The molecule has 0 fully saturated rings. The Bertz CT molecular complexity index is 1880. The van der Waals surface area contributed by atoms with Crippen LogP contribution in [0.2, 0.25) is 0 Å². The van der Waals surface area contributed by atoms with Gasteiger partial charge in [-0.25, -0.2) is 4.68 Å². The van der Waals surface area contributed by atoms with E-state index < -0.39 is 11.9 Å². The molecule has 1 aliphatic rings. The largest absolute Gasteiger partial charge is 0.493 e. The lowest BCUT2D eigenvalue weighted by Gasteiger charge is -2.32. The molecule has 0 radical (unpaired) electrons. The number of aromatic nitrogens is 3. The summed E-state index contributed by atoms with van der Waals surface area (Å²) < 4.78 is 29.3. The first kappa shape index (κ1) is 30.3. The van der Waals surface area contributed by atoms with Crippen molar-refractivity contribution in [3.8, 4) is 28.7 Å². The number of para-hydroxylation sites is 1. The van der Waals surface area contributed by atoms with E-state index in [2.05, 4.69) is 15.6 Å². The fraction of sp³-hybridized carbons (Fsp3) is 0.235. The maximum Gasteiger partial charge on any atom is 0.251 e. The minimum absolute atomic E-state index is 0.0937. The van der Waals surface area contributed by atoms with Gasteiger partial charge in [0.05, 0.1) is 26.8 Å². The van der Waals surface area contributed by atoms with Crippen molar-refractivity contribution in [2.24, 2.45) is 0 Å².